The van der Waals surface area contributed by atoms with Crippen molar-refractivity contribution >= 4 is 17.8 Å². The number of rotatable bonds is 8. The SMILES string of the molecule is CCNC(=O)c1cccc(C(=O)OC[C@H](C)Cn2nc(CC)c3c2CC2(CCOCC2)CNC3=O)c1. The van der Waals surface area contributed by atoms with Crippen molar-refractivity contribution in [1.82, 2.24) is 20.4 Å². The second kappa shape index (κ2) is 11.2. The summed E-state index contributed by atoms with van der Waals surface area (Å²) in [6.45, 7) is 9.15. The minimum Gasteiger partial charge on any atom is -0.462 e. The van der Waals surface area contributed by atoms with Gasteiger partial charge in [-0.05, 0) is 56.2 Å². The van der Waals surface area contributed by atoms with Gasteiger partial charge in [0.25, 0.3) is 11.8 Å². The average Bonchev–Trinajstić information content (AvgIpc) is 3.15. The minimum atomic E-state index is -0.470. The number of carbonyl (C=O) groups excluding carboxylic acids is 3. The number of hydrogen-bond acceptors (Lipinski definition) is 6. The molecule has 4 rings (SSSR count). The zero-order chi connectivity index (χ0) is 25.7. The second-order valence-corrected chi connectivity index (χ2v) is 9.92. The molecule has 1 atom stereocenters. The van der Waals surface area contributed by atoms with E-state index in [0.717, 1.165) is 30.7 Å². The number of nitrogens with zero attached hydrogens (tertiary/aromatic N) is 2. The Morgan fingerprint density at radius 3 is 2.72 bits per heavy atom. The van der Waals surface area contributed by atoms with Gasteiger partial charge in [0.05, 0.1) is 29.1 Å². The Morgan fingerprint density at radius 1 is 1.25 bits per heavy atom. The molecular weight excluding hydrogens is 460 g/mol. The topological polar surface area (TPSA) is 112 Å². The molecule has 1 aromatic heterocycles. The van der Waals surface area contributed by atoms with Crippen LogP contribution in [0.1, 0.15) is 76.1 Å². The predicted octanol–water partition coefficient (Wildman–Crippen LogP) is 2.77. The van der Waals surface area contributed by atoms with E-state index in [2.05, 4.69) is 10.6 Å². The number of nitrogens with one attached hydrogen (secondary N) is 2. The lowest BCUT2D eigenvalue weighted by molar-refractivity contribution is 0.0151. The quantitative estimate of drug-likeness (QED) is 0.544. The van der Waals surface area contributed by atoms with Gasteiger partial charge in [0, 0.05) is 44.3 Å². The van der Waals surface area contributed by atoms with Crippen molar-refractivity contribution < 1.29 is 23.9 Å². The van der Waals surface area contributed by atoms with E-state index < -0.39 is 5.97 Å². The van der Waals surface area contributed by atoms with E-state index in [0.29, 0.717) is 56.0 Å². The van der Waals surface area contributed by atoms with Crippen LogP contribution in [0.5, 0.6) is 0 Å². The molecule has 1 spiro atoms. The first-order chi connectivity index (χ1) is 17.4. The lowest BCUT2D eigenvalue weighted by Gasteiger charge is -2.36. The third-order valence-corrected chi connectivity index (χ3v) is 7.09. The highest BCUT2D eigenvalue weighted by Crippen LogP contribution is 2.37. The van der Waals surface area contributed by atoms with Crippen LogP contribution in [0.2, 0.25) is 0 Å². The van der Waals surface area contributed by atoms with Crippen LogP contribution in [0.25, 0.3) is 0 Å². The number of aryl methyl sites for hydroxylation is 1. The molecule has 2 aliphatic heterocycles. The van der Waals surface area contributed by atoms with Crippen molar-refractivity contribution in [2.24, 2.45) is 11.3 Å². The largest absolute Gasteiger partial charge is 0.462 e. The molecule has 0 unspecified atom stereocenters. The van der Waals surface area contributed by atoms with Crippen LogP contribution in [0, 0.1) is 11.3 Å². The molecule has 3 heterocycles. The Morgan fingerprint density at radius 2 is 2.00 bits per heavy atom. The van der Waals surface area contributed by atoms with E-state index in [4.69, 9.17) is 14.6 Å². The van der Waals surface area contributed by atoms with E-state index in [1.54, 1.807) is 24.3 Å². The maximum absolute atomic E-state index is 13.0. The van der Waals surface area contributed by atoms with E-state index in [1.165, 1.54) is 0 Å². The fourth-order valence-electron chi connectivity index (χ4n) is 5.02. The Labute approximate surface area is 211 Å². The summed E-state index contributed by atoms with van der Waals surface area (Å²) in [6, 6.07) is 6.53. The average molecular weight is 497 g/mol. The summed E-state index contributed by atoms with van der Waals surface area (Å²) < 4.78 is 13.1. The monoisotopic (exact) mass is 496 g/mol. The molecule has 36 heavy (non-hydrogen) atoms. The molecule has 0 saturated carbocycles. The van der Waals surface area contributed by atoms with Gasteiger partial charge >= 0.3 is 5.97 Å². The van der Waals surface area contributed by atoms with Crippen molar-refractivity contribution in [3.63, 3.8) is 0 Å². The molecule has 2 aliphatic rings. The van der Waals surface area contributed by atoms with Gasteiger partial charge in [-0.25, -0.2) is 4.79 Å². The van der Waals surface area contributed by atoms with Gasteiger partial charge < -0.3 is 20.1 Å². The van der Waals surface area contributed by atoms with Crippen LogP contribution < -0.4 is 10.6 Å². The maximum atomic E-state index is 13.0. The number of aromatic nitrogens is 2. The third-order valence-electron chi connectivity index (χ3n) is 7.09. The number of amides is 2. The van der Waals surface area contributed by atoms with Crippen molar-refractivity contribution in [1.29, 1.82) is 0 Å². The number of carbonyl (C=O) groups is 3. The summed E-state index contributed by atoms with van der Waals surface area (Å²) in [7, 11) is 0. The number of ether oxygens (including phenoxy) is 2. The molecule has 9 nitrogen and oxygen atoms in total. The molecule has 0 bridgehead atoms. The van der Waals surface area contributed by atoms with Gasteiger partial charge in [-0.2, -0.15) is 5.10 Å². The van der Waals surface area contributed by atoms with E-state index in [9.17, 15) is 14.4 Å². The molecule has 1 aromatic carbocycles. The molecule has 2 N–H and O–H groups in total. The number of fused-ring (bicyclic) bond motifs is 1. The highest BCUT2D eigenvalue weighted by molar-refractivity contribution is 5.98. The van der Waals surface area contributed by atoms with Crippen LogP contribution in [0.15, 0.2) is 24.3 Å². The van der Waals surface area contributed by atoms with Crippen molar-refractivity contribution in [2.45, 2.75) is 53.0 Å². The summed E-state index contributed by atoms with van der Waals surface area (Å²) in [4.78, 5) is 37.8. The summed E-state index contributed by atoms with van der Waals surface area (Å²) in [6.07, 6.45) is 3.25. The zero-order valence-corrected chi connectivity index (χ0v) is 21.4. The van der Waals surface area contributed by atoms with Gasteiger partial charge in [-0.1, -0.05) is 19.9 Å². The Balaban J connectivity index is 1.46. The minimum absolute atomic E-state index is 0.0211. The normalized spacial score (nSPS) is 17.6. The number of hydrogen-bond donors (Lipinski definition) is 2. The van der Waals surface area contributed by atoms with Crippen LogP contribution in [0.3, 0.4) is 0 Å². The molecule has 2 aromatic rings. The van der Waals surface area contributed by atoms with Gasteiger partial charge in [-0.15, -0.1) is 0 Å². The number of benzene rings is 1. The lowest BCUT2D eigenvalue weighted by atomic mass is 9.76. The molecule has 2 amide bonds. The summed E-state index contributed by atoms with van der Waals surface area (Å²) in [5.41, 5.74) is 3.21. The van der Waals surface area contributed by atoms with Gasteiger partial charge in [0.2, 0.25) is 0 Å². The highest BCUT2D eigenvalue weighted by Gasteiger charge is 2.39. The molecule has 194 valence electrons. The van der Waals surface area contributed by atoms with Crippen molar-refractivity contribution in [2.75, 3.05) is 32.9 Å². The standard InChI is InChI=1S/C27H36N4O5/c1-4-21-23-22(14-27(17-29-25(23)33)9-11-35-12-10-27)31(30-21)15-18(3)16-36-26(34)20-8-6-7-19(13-20)24(32)28-5-2/h6-8,13,18H,4-5,9-12,14-17H2,1-3H3,(H,28,32)(H,29,33)/t18-/m1/s1. The first-order valence-corrected chi connectivity index (χ1v) is 12.9. The Kier molecular flexibility index (Phi) is 8.08. The highest BCUT2D eigenvalue weighted by atomic mass is 16.5. The molecule has 0 radical (unpaired) electrons. The van der Waals surface area contributed by atoms with Crippen molar-refractivity contribution in [3.05, 3.63) is 52.3 Å². The molecule has 1 saturated heterocycles. The van der Waals surface area contributed by atoms with E-state index in [-0.39, 0.29) is 29.8 Å². The van der Waals surface area contributed by atoms with Crippen LogP contribution in [0.4, 0.5) is 0 Å². The van der Waals surface area contributed by atoms with Gasteiger partial charge in [-0.3, -0.25) is 14.3 Å². The third kappa shape index (κ3) is 5.61. The van der Waals surface area contributed by atoms with Crippen molar-refractivity contribution in [3.8, 4) is 0 Å². The Bertz CT molecular complexity index is 1120. The first kappa shape index (κ1) is 25.9. The Hall–Kier alpha value is -3.20. The first-order valence-electron chi connectivity index (χ1n) is 12.9. The smallest absolute Gasteiger partial charge is 0.338 e. The second-order valence-electron chi connectivity index (χ2n) is 9.92. The molecular formula is C27H36N4O5. The number of esters is 1. The maximum Gasteiger partial charge on any atom is 0.338 e. The van der Waals surface area contributed by atoms with E-state index in [1.807, 2.05) is 25.5 Å². The fraction of sp³-hybridized carbons (Fsp3) is 0.556. The van der Waals surface area contributed by atoms with E-state index >= 15 is 0 Å². The lowest BCUT2D eigenvalue weighted by Crippen LogP contribution is -2.41. The van der Waals surface area contributed by atoms with Crippen LogP contribution >= 0.6 is 0 Å². The predicted molar refractivity (Wildman–Crippen MR) is 134 cm³/mol. The summed E-state index contributed by atoms with van der Waals surface area (Å²) in [5.74, 6) is -0.770. The summed E-state index contributed by atoms with van der Waals surface area (Å²) >= 11 is 0. The summed E-state index contributed by atoms with van der Waals surface area (Å²) in [5, 5.41) is 10.7. The molecule has 9 heteroatoms. The van der Waals surface area contributed by atoms with Crippen LogP contribution in [-0.4, -0.2) is 60.5 Å². The molecule has 1 fully saturated rings. The zero-order valence-electron chi connectivity index (χ0n) is 21.4. The van der Waals surface area contributed by atoms with Gasteiger partial charge in [0.1, 0.15) is 0 Å². The van der Waals surface area contributed by atoms with Gasteiger partial charge in [0.15, 0.2) is 0 Å². The van der Waals surface area contributed by atoms with Crippen LogP contribution in [-0.2, 0) is 28.9 Å². The fourth-order valence-corrected chi connectivity index (χ4v) is 5.02. The molecule has 0 aliphatic carbocycles.